The Hall–Kier alpha value is 1.92. The Morgan fingerprint density at radius 2 is 0.562 bits per heavy atom. The molecule has 0 atom stereocenters. The van der Waals surface area contributed by atoms with Crippen LogP contribution < -0.4 is 0 Å². The highest BCUT2D eigenvalue weighted by molar-refractivity contribution is 9.09. The van der Waals surface area contributed by atoms with Gasteiger partial charge in [-0.3, -0.25) is 0 Å². The van der Waals surface area contributed by atoms with Gasteiger partial charge in [0, 0.05) is 10.7 Å². The van der Waals surface area contributed by atoms with E-state index in [1.54, 1.807) is 0 Å². The van der Waals surface area contributed by atoms with Crippen LogP contribution in [0.2, 0.25) is 0 Å². The first-order valence-corrected chi connectivity index (χ1v) is 8.28. The third-order valence-corrected chi connectivity index (χ3v) is 3.64. The molecule has 0 aliphatic carbocycles. The standard InChI is InChI=1S/C12H24Br2.2BrH/c13-11-9-7-5-3-1-2-4-6-8-10-12-14;;/h1-12H2;2*1H. The van der Waals surface area contributed by atoms with Crippen LogP contribution in [-0.4, -0.2) is 10.7 Å². The molecule has 0 radical (unpaired) electrons. The van der Waals surface area contributed by atoms with E-state index < -0.39 is 0 Å². The lowest BCUT2D eigenvalue weighted by atomic mass is 10.1. The highest BCUT2D eigenvalue weighted by atomic mass is 79.9. The zero-order valence-electron chi connectivity index (χ0n) is 10.1. The molecule has 0 N–H and O–H groups in total. The van der Waals surface area contributed by atoms with Crippen LogP contribution in [0.5, 0.6) is 0 Å². The van der Waals surface area contributed by atoms with E-state index in [1.165, 1.54) is 74.9 Å². The highest BCUT2D eigenvalue weighted by Gasteiger charge is 1.92. The summed E-state index contributed by atoms with van der Waals surface area (Å²) in [7, 11) is 0. The molecule has 0 aromatic heterocycles. The summed E-state index contributed by atoms with van der Waals surface area (Å²) in [5.74, 6) is 0. The molecule has 0 heterocycles. The zero-order valence-corrected chi connectivity index (χ0v) is 16.7. The normalized spacial score (nSPS) is 9.38. The quantitative estimate of drug-likeness (QED) is 0.220. The largest absolute Gasteiger partial charge is 0.114 e. The Morgan fingerprint density at radius 1 is 0.375 bits per heavy atom. The second kappa shape index (κ2) is 22.1. The first-order chi connectivity index (χ1) is 6.91. The average molecular weight is 490 g/mol. The summed E-state index contributed by atoms with van der Waals surface area (Å²) in [5.41, 5.74) is 0. The number of hydrogen-bond acceptors (Lipinski definition) is 0. The lowest BCUT2D eigenvalue weighted by Gasteiger charge is -2.01. The number of hydrogen-bond donors (Lipinski definition) is 0. The number of unbranched alkanes of at least 4 members (excludes halogenated alkanes) is 9. The van der Waals surface area contributed by atoms with Gasteiger partial charge >= 0.3 is 0 Å². The maximum atomic E-state index is 3.46. The molecule has 102 valence electrons. The molecule has 0 aliphatic heterocycles. The van der Waals surface area contributed by atoms with E-state index in [2.05, 4.69) is 31.9 Å². The van der Waals surface area contributed by atoms with E-state index in [-0.39, 0.29) is 34.0 Å². The minimum atomic E-state index is 0. The Morgan fingerprint density at radius 3 is 0.750 bits per heavy atom. The fourth-order valence-electron chi connectivity index (χ4n) is 1.60. The van der Waals surface area contributed by atoms with Crippen molar-refractivity contribution in [2.45, 2.75) is 64.2 Å². The van der Waals surface area contributed by atoms with Crippen molar-refractivity contribution in [1.29, 1.82) is 0 Å². The summed E-state index contributed by atoms with van der Waals surface area (Å²) in [5, 5.41) is 2.36. The van der Waals surface area contributed by atoms with E-state index in [4.69, 9.17) is 0 Å². The van der Waals surface area contributed by atoms with Gasteiger partial charge in [-0.1, -0.05) is 83.2 Å². The van der Waals surface area contributed by atoms with Gasteiger partial charge in [-0.05, 0) is 12.8 Å². The predicted molar refractivity (Wildman–Crippen MR) is 94.4 cm³/mol. The van der Waals surface area contributed by atoms with Gasteiger partial charge in [-0.2, -0.15) is 0 Å². The van der Waals surface area contributed by atoms with Crippen molar-refractivity contribution < 1.29 is 0 Å². The van der Waals surface area contributed by atoms with E-state index in [0.717, 1.165) is 0 Å². The van der Waals surface area contributed by atoms with Crippen molar-refractivity contribution in [3.05, 3.63) is 0 Å². The van der Waals surface area contributed by atoms with Crippen LogP contribution in [0.15, 0.2) is 0 Å². The fourth-order valence-corrected chi connectivity index (χ4v) is 2.40. The van der Waals surface area contributed by atoms with Crippen molar-refractivity contribution in [1.82, 2.24) is 0 Å². The summed E-state index contributed by atoms with van der Waals surface area (Å²) >= 11 is 6.93. The smallest absolute Gasteiger partial charge is 0.00313 e. The van der Waals surface area contributed by atoms with E-state index in [9.17, 15) is 0 Å². The monoisotopic (exact) mass is 486 g/mol. The molecule has 0 aliphatic rings. The fraction of sp³-hybridized carbons (Fsp3) is 1.00. The van der Waals surface area contributed by atoms with Gasteiger partial charge in [0.2, 0.25) is 0 Å². The van der Waals surface area contributed by atoms with E-state index in [0.29, 0.717) is 0 Å². The summed E-state index contributed by atoms with van der Waals surface area (Å²) in [6, 6.07) is 0. The molecule has 0 saturated heterocycles. The van der Waals surface area contributed by atoms with Crippen molar-refractivity contribution >= 4 is 65.8 Å². The third-order valence-electron chi connectivity index (χ3n) is 2.52. The Bertz CT molecular complexity index is 87.0. The Kier molecular flexibility index (Phi) is 31.9. The van der Waals surface area contributed by atoms with Crippen LogP contribution >= 0.6 is 65.8 Å². The van der Waals surface area contributed by atoms with Gasteiger partial charge in [0.25, 0.3) is 0 Å². The minimum absolute atomic E-state index is 0. The van der Waals surface area contributed by atoms with E-state index in [1.807, 2.05) is 0 Å². The van der Waals surface area contributed by atoms with Crippen LogP contribution in [0, 0.1) is 0 Å². The molecule has 0 nitrogen and oxygen atoms in total. The molecule has 0 amide bonds. The molecule has 0 saturated carbocycles. The molecule has 0 fully saturated rings. The first-order valence-electron chi connectivity index (χ1n) is 6.03. The van der Waals surface area contributed by atoms with E-state index >= 15 is 0 Å². The molecule has 0 rings (SSSR count). The summed E-state index contributed by atoms with van der Waals surface area (Å²) in [6.45, 7) is 0. The average Bonchev–Trinajstić information content (AvgIpc) is 2.21. The molecule has 0 bridgehead atoms. The summed E-state index contributed by atoms with van der Waals surface area (Å²) in [4.78, 5) is 0. The molecule has 0 aromatic rings. The molecular weight excluding hydrogens is 464 g/mol. The topological polar surface area (TPSA) is 0 Å². The van der Waals surface area contributed by atoms with Gasteiger partial charge < -0.3 is 0 Å². The Labute approximate surface area is 140 Å². The number of rotatable bonds is 11. The van der Waals surface area contributed by atoms with Crippen LogP contribution in [0.25, 0.3) is 0 Å². The third kappa shape index (κ3) is 21.2. The van der Waals surface area contributed by atoms with Crippen molar-refractivity contribution in [3.8, 4) is 0 Å². The van der Waals surface area contributed by atoms with Crippen molar-refractivity contribution in [3.63, 3.8) is 0 Å². The van der Waals surface area contributed by atoms with Gasteiger partial charge in [0.15, 0.2) is 0 Å². The lowest BCUT2D eigenvalue weighted by Crippen LogP contribution is -1.82. The van der Waals surface area contributed by atoms with Crippen LogP contribution in [0.1, 0.15) is 64.2 Å². The maximum absolute atomic E-state index is 3.46. The van der Waals surface area contributed by atoms with Gasteiger partial charge in [0.05, 0.1) is 0 Å². The number of alkyl halides is 2. The lowest BCUT2D eigenvalue weighted by molar-refractivity contribution is 0.564. The second-order valence-corrected chi connectivity index (χ2v) is 5.50. The maximum Gasteiger partial charge on any atom is 0.00313 e. The SMILES string of the molecule is Br.Br.BrCCCCCCCCCCCCBr. The Balaban J connectivity index is -0.000000845. The van der Waals surface area contributed by atoms with Gasteiger partial charge in [0.1, 0.15) is 0 Å². The molecule has 0 aromatic carbocycles. The van der Waals surface area contributed by atoms with Gasteiger partial charge in [-0.25, -0.2) is 0 Å². The van der Waals surface area contributed by atoms with Crippen LogP contribution in [0.3, 0.4) is 0 Å². The predicted octanol–water partition coefficient (Wildman–Crippen LogP) is 6.83. The number of halogens is 4. The summed E-state index contributed by atoms with van der Waals surface area (Å²) < 4.78 is 0. The molecule has 0 spiro atoms. The molecule has 4 heteroatoms. The zero-order chi connectivity index (χ0) is 10.5. The van der Waals surface area contributed by atoms with Crippen LogP contribution in [0.4, 0.5) is 0 Å². The summed E-state index contributed by atoms with van der Waals surface area (Å²) in [6.07, 6.45) is 14.2. The first kappa shape index (κ1) is 23.0. The molecule has 0 unspecified atom stereocenters. The van der Waals surface area contributed by atoms with Gasteiger partial charge in [-0.15, -0.1) is 34.0 Å². The second-order valence-electron chi connectivity index (χ2n) is 3.91. The van der Waals surface area contributed by atoms with Crippen molar-refractivity contribution in [2.75, 3.05) is 10.7 Å². The van der Waals surface area contributed by atoms with Crippen LogP contribution in [-0.2, 0) is 0 Å². The highest BCUT2D eigenvalue weighted by Crippen LogP contribution is 2.11. The molecule has 16 heavy (non-hydrogen) atoms. The molecular formula is C12H26Br4. The van der Waals surface area contributed by atoms with Crippen molar-refractivity contribution in [2.24, 2.45) is 0 Å². The minimum Gasteiger partial charge on any atom is -0.114 e.